The van der Waals surface area contributed by atoms with Gasteiger partial charge in [0.05, 0.1) is 30.8 Å². The van der Waals surface area contributed by atoms with E-state index in [1.807, 2.05) is 47.9 Å². The number of methoxy groups -OCH3 is 1. The van der Waals surface area contributed by atoms with E-state index in [1.165, 1.54) is 11.8 Å². The first-order valence-corrected chi connectivity index (χ1v) is 10.8. The van der Waals surface area contributed by atoms with Crippen LogP contribution in [0.1, 0.15) is 12.7 Å². The van der Waals surface area contributed by atoms with Gasteiger partial charge in [0.15, 0.2) is 5.16 Å². The molecule has 1 heterocycles. The fraction of sp³-hybridized carbons (Fsp3) is 0.286. The van der Waals surface area contributed by atoms with E-state index in [1.54, 1.807) is 19.2 Å². The lowest BCUT2D eigenvalue weighted by Crippen LogP contribution is -2.18. The summed E-state index contributed by atoms with van der Waals surface area (Å²) in [5, 5.41) is 12.5. The van der Waals surface area contributed by atoms with Gasteiger partial charge in [0.2, 0.25) is 5.91 Å². The van der Waals surface area contributed by atoms with Crippen molar-refractivity contribution < 1.29 is 14.3 Å². The Labute approximate surface area is 184 Å². The summed E-state index contributed by atoms with van der Waals surface area (Å²) in [6.45, 7) is 3.19. The molecule has 0 saturated heterocycles. The number of aromatic nitrogens is 3. The molecule has 0 aliphatic heterocycles. The van der Waals surface area contributed by atoms with Crippen LogP contribution in [0.5, 0.6) is 11.5 Å². The highest BCUT2D eigenvalue weighted by atomic mass is 35.5. The minimum Gasteiger partial charge on any atom is -0.497 e. The highest BCUT2D eigenvalue weighted by molar-refractivity contribution is 7.99. The third kappa shape index (κ3) is 5.90. The van der Waals surface area contributed by atoms with Crippen molar-refractivity contribution >= 4 is 35.0 Å². The van der Waals surface area contributed by atoms with E-state index in [2.05, 4.69) is 15.5 Å². The number of benzene rings is 2. The zero-order valence-electron chi connectivity index (χ0n) is 16.8. The summed E-state index contributed by atoms with van der Waals surface area (Å²) in [4.78, 5) is 12.4. The van der Waals surface area contributed by atoms with Gasteiger partial charge in [-0.1, -0.05) is 35.5 Å². The molecule has 0 saturated carbocycles. The van der Waals surface area contributed by atoms with Gasteiger partial charge in [-0.3, -0.25) is 4.79 Å². The Morgan fingerprint density at radius 3 is 2.57 bits per heavy atom. The lowest BCUT2D eigenvalue weighted by Gasteiger charge is -2.09. The maximum Gasteiger partial charge on any atom is 0.232 e. The van der Waals surface area contributed by atoms with Gasteiger partial charge in [0.25, 0.3) is 0 Å². The van der Waals surface area contributed by atoms with Crippen LogP contribution in [0.2, 0.25) is 5.02 Å². The summed E-state index contributed by atoms with van der Waals surface area (Å²) in [6.07, 6.45) is 0.120. The van der Waals surface area contributed by atoms with E-state index >= 15 is 0 Å². The number of halogens is 1. The molecule has 0 bridgehead atoms. The maximum atomic E-state index is 12.4. The van der Waals surface area contributed by atoms with Crippen LogP contribution < -0.4 is 14.8 Å². The number of rotatable bonds is 10. The van der Waals surface area contributed by atoms with Crippen molar-refractivity contribution in [2.24, 2.45) is 0 Å². The van der Waals surface area contributed by atoms with Crippen molar-refractivity contribution in [1.82, 2.24) is 14.8 Å². The molecule has 9 heteroatoms. The zero-order valence-corrected chi connectivity index (χ0v) is 18.4. The predicted molar refractivity (Wildman–Crippen MR) is 119 cm³/mol. The van der Waals surface area contributed by atoms with Gasteiger partial charge < -0.3 is 19.4 Å². The highest BCUT2D eigenvalue weighted by Gasteiger charge is 2.15. The number of ether oxygens (including phenoxy) is 2. The van der Waals surface area contributed by atoms with E-state index in [-0.39, 0.29) is 12.3 Å². The number of para-hydroxylation sites is 1. The molecule has 1 N–H and O–H groups in total. The molecule has 0 radical (unpaired) electrons. The van der Waals surface area contributed by atoms with Crippen molar-refractivity contribution in [3.63, 3.8) is 0 Å². The molecule has 0 unspecified atom stereocenters. The predicted octanol–water partition coefficient (Wildman–Crippen LogP) is 4.31. The molecule has 0 atom stereocenters. The SMILES string of the molecule is CCn1c(CC(=O)Nc2ccccc2Cl)nnc1SCCOc1ccc(OC)cc1. The first-order valence-electron chi connectivity index (χ1n) is 9.46. The van der Waals surface area contributed by atoms with Gasteiger partial charge in [-0.15, -0.1) is 10.2 Å². The number of amides is 1. The summed E-state index contributed by atoms with van der Waals surface area (Å²) < 4.78 is 12.8. The summed E-state index contributed by atoms with van der Waals surface area (Å²) in [7, 11) is 1.63. The van der Waals surface area contributed by atoms with Crippen LogP contribution in [0.15, 0.2) is 53.7 Å². The average Bonchev–Trinajstić information content (AvgIpc) is 3.14. The second-order valence-electron chi connectivity index (χ2n) is 6.22. The molecule has 2 aromatic carbocycles. The lowest BCUT2D eigenvalue weighted by molar-refractivity contribution is -0.115. The summed E-state index contributed by atoms with van der Waals surface area (Å²) in [6, 6.07) is 14.6. The zero-order chi connectivity index (χ0) is 21.3. The number of carbonyl (C=O) groups excluding carboxylic acids is 1. The van der Waals surface area contributed by atoms with Crippen molar-refractivity contribution in [2.75, 3.05) is 24.8 Å². The Balaban J connectivity index is 1.51. The molecule has 3 aromatic rings. The summed E-state index contributed by atoms with van der Waals surface area (Å²) >= 11 is 7.63. The smallest absolute Gasteiger partial charge is 0.232 e. The number of anilines is 1. The van der Waals surface area contributed by atoms with Crippen LogP contribution in [-0.2, 0) is 17.8 Å². The third-order valence-corrected chi connectivity index (χ3v) is 5.48. The minimum absolute atomic E-state index is 0.120. The van der Waals surface area contributed by atoms with Gasteiger partial charge in [-0.05, 0) is 43.3 Å². The van der Waals surface area contributed by atoms with Crippen molar-refractivity contribution in [3.05, 3.63) is 59.4 Å². The first kappa shape index (κ1) is 22.0. The van der Waals surface area contributed by atoms with E-state index in [0.29, 0.717) is 35.4 Å². The van der Waals surface area contributed by atoms with Gasteiger partial charge >= 0.3 is 0 Å². The standard InChI is InChI=1S/C21H23ClN4O3S/c1-3-26-19(14-20(27)23-18-7-5-4-6-17(18)22)24-25-21(26)30-13-12-29-16-10-8-15(28-2)9-11-16/h4-11H,3,12-14H2,1-2H3,(H,23,27). The van der Waals surface area contributed by atoms with Gasteiger partial charge in [0, 0.05) is 12.3 Å². The lowest BCUT2D eigenvalue weighted by atomic mass is 10.3. The fourth-order valence-corrected chi connectivity index (χ4v) is 3.76. The topological polar surface area (TPSA) is 78.3 Å². The Kier molecular flexibility index (Phi) is 7.98. The number of nitrogens with one attached hydrogen (secondary N) is 1. The quantitative estimate of drug-likeness (QED) is 0.369. The molecule has 7 nitrogen and oxygen atoms in total. The molecule has 0 fully saturated rings. The molecule has 1 aromatic heterocycles. The fourth-order valence-electron chi connectivity index (χ4n) is 2.74. The number of hydrogen-bond acceptors (Lipinski definition) is 6. The van der Waals surface area contributed by atoms with Crippen LogP contribution in [0.4, 0.5) is 5.69 Å². The van der Waals surface area contributed by atoms with Crippen LogP contribution >= 0.6 is 23.4 Å². The van der Waals surface area contributed by atoms with E-state index in [0.717, 1.165) is 16.7 Å². The molecule has 0 aliphatic rings. The van der Waals surface area contributed by atoms with Gasteiger partial charge in [0.1, 0.15) is 17.3 Å². The normalized spacial score (nSPS) is 10.6. The van der Waals surface area contributed by atoms with Crippen molar-refractivity contribution in [1.29, 1.82) is 0 Å². The number of hydrogen-bond donors (Lipinski definition) is 1. The van der Waals surface area contributed by atoms with Crippen LogP contribution in [-0.4, -0.2) is 40.1 Å². The largest absolute Gasteiger partial charge is 0.497 e. The first-order chi connectivity index (χ1) is 14.6. The minimum atomic E-state index is -0.190. The second-order valence-corrected chi connectivity index (χ2v) is 7.69. The molecule has 158 valence electrons. The Morgan fingerprint density at radius 1 is 1.13 bits per heavy atom. The summed E-state index contributed by atoms with van der Waals surface area (Å²) in [5.41, 5.74) is 0.581. The molecular formula is C21H23ClN4O3S. The molecule has 0 spiro atoms. The highest BCUT2D eigenvalue weighted by Crippen LogP contribution is 2.22. The van der Waals surface area contributed by atoms with E-state index in [4.69, 9.17) is 21.1 Å². The average molecular weight is 447 g/mol. The van der Waals surface area contributed by atoms with Crippen LogP contribution in [0.3, 0.4) is 0 Å². The second kappa shape index (κ2) is 10.9. The van der Waals surface area contributed by atoms with E-state index in [9.17, 15) is 4.79 Å². The monoisotopic (exact) mass is 446 g/mol. The molecule has 3 rings (SSSR count). The van der Waals surface area contributed by atoms with Crippen LogP contribution in [0, 0.1) is 0 Å². The van der Waals surface area contributed by atoms with Gasteiger partial charge in [-0.25, -0.2) is 0 Å². The van der Waals surface area contributed by atoms with Gasteiger partial charge in [-0.2, -0.15) is 0 Å². The number of nitrogens with zero attached hydrogens (tertiary/aromatic N) is 3. The van der Waals surface area contributed by atoms with Crippen molar-refractivity contribution in [2.45, 2.75) is 25.0 Å². The van der Waals surface area contributed by atoms with Crippen molar-refractivity contribution in [3.8, 4) is 11.5 Å². The molecule has 0 aliphatic carbocycles. The Morgan fingerprint density at radius 2 is 1.87 bits per heavy atom. The molecule has 30 heavy (non-hydrogen) atoms. The number of carbonyl (C=O) groups is 1. The molecular weight excluding hydrogens is 424 g/mol. The Bertz CT molecular complexity index is 979. The van der Waals surface area contributed by atoms with Crippen LogP contribution in [0.25, 0.3) is 0 Å². The molecule has 1 amide bonds. The van der Waals surface area contributed by atoms with E-state index < -0.39 is 0 Å². The third-order valence-electron chi connectivity index (χ3n) is 4.22. The maximum absolute atomic E-state index is 12.4. The Hall–Kier alpha value is -2.71. The summed E-state index contributed by atoms with van der Waals surface area (Å²) in [5.74, 6) is 2.70. The number of thioether (sulfide) groups is 1.